The van der Waals surface area contributed by atoms with Gasteiger partial charge in [-0.2, -0.15) is 0 Å². The molecule has 0 aromatic rings. The predicted molar refractivity (Wildman–Crippen MR) is 96.3 cm³/mol. The zero-order valence-electron chi connectivity index (χ0n) is 15.4. The molecule has 0 radical (unpaired) electrons. The van der Waals surface area contributed by atoms with E-state index in [4.69, 9.17) is 5.73 Å². The first-order valence-electron chi connectivity index (χ1n) is 9.87. The van der Waals surface area contributed by atoms with Crippen LogP contribution in [-0.2, 0) is 4.79 Å². The molecule has 2 saturated heterocycles. The number of likely N-dealkylation sites (tertiary alicyclic amines) is 2. The van der Waals surface area contributed by atoms with E-state index in [0.29, 0.717) is 18.4 Å². The first kappa shape index (κ1) is 18.7. The fraction of sp³-hybridized carbons (Fsp3) is 0.947. The Morgan fingerprint density at radius 1 is 1.04 bits per heavy atom. The molecule has 2 aliphatic heterocycles. The summed E-state index contributed by atoms with van der Waals surface area (Å²) in [7, 11) is 0. The van der Waals surface area contributed by atoms with Crippen molar-refractivity contribution in [3.05, 3.63) is 0 Å². The number of nitrogens with zero attached hydrogens (tertiary/aromatic N) is 2. The third-order valence-electron chi connectivity index (χ3n) is 6.22. The standard InChI is InChI=1S/C19H37N3O/c1-3-19(4-2,16-20)18(23)22-13-9-10-17(15-22)14-21-11-7-5-6-8-12-21/h17H,3-16,20H2,1-2H3. The van der Waals surface area contributed by atoms with Crippen molar-refractivity contribution < 1.29 is 4.79 Å². The highest BCUT2D eigenvalue weighted by Crippen LogP contribution is 2.30. The summed E-state index contributed by atoms with van der Waals surface area (Å²) < 4.78 is 0. The summed E-state index contributed by atoms with van der Waals surface area (Å²) in [6, 6.07) is 0. The molecule has 1 atom stereocenters. The van der Waals surface area contributed by atoms with Gasteiger partial charge in [0, 0.05) is 26.2 Å². The Morgan fingerprint density at radius 3 is 2.26 bits per heavy atom. The van der Waals surface area contributed by atoms with Crippen molar-refractivity contribution in [2.24, 2.45) is 17.1 Å². The quantitative estimate of drug-likeness (QED) is 0.818. The van der Waals surface area contributed by atoms with E-state index in [1.165, 1.54) is 51.7 Å². The van der Waals surface area contributed by atoms with Crippen LogP contribution in [0.5, 0.6) is 0 Å². The van der Waals surface area contributed by atoms with E-state index in [0.717, 1.165) is 32.4 Å². The van der Waals surface area contributed by atoms with Crippen molar-refractivity contribution in [1.82, 2.24) is 9.80 Å². The molecule has 2 fully saturated rings. The maximum Gasteiger partial charge on any atom is 0.230 e. The van der Waals surface area contributed by atoms with Gasteiger partial charge >= 0.3 is 0 Å². The molecule has 0 spiro atoms. The Balaban J connectivity index is 1.93. The van der Waals surface area contributed by atoms with Crippen molar-refractivity contribution >= 4 is 5.91 Å². The van der Waals surface area contributed by atoms with Gasteiger partial charge in [-0.05, 0) is 57.5 Å². The Kier molecular flexibility index (Phi) is 7.35. The lowest BCUT2D eigenvalue weighted by Crippen LogP contribution is -2.52. The molecule has 4 nitrogen and oxygen atoms in total. The smallest absolute Gasteiger partial charge is 0.230 e. The minimum Gasteiger partial charge on any atom is -0.342 e. The Bertz CT molecular complexity index is 351. The van der Waals surface area contributed by atoms with E-state index in [-0.39, 0.29) is 5.41 Å². The largest absolute Gasteiger partial charge is 0.342 e. The van der Waals surface area contributed by atoms with Crippen molar-refractivity contribution in [1.29, 1.82) is 0 Å². The second-order valence-corrected chi connectivity index (χ2v) is 7.67. The highest BCUT2D eigenvalue weighted by Gasteiger charge is 2.38. The zero-order chi connectivity index (χ0) is 16.7. The van der Waals surface area contributed by atoms with Crippen LogP contribution < -0.4 is 5.73 Å². The molecule has 134 valence electrons. The van der Waals surface area contributed by atoms with Crippen molar-refractivity contribution in [2.45, 2.75) is 65.2 Å². The lowest BCUT2D eigenvalue weighted by Gasteiger charge is -2.40. The van der Waals surface area contributed by atoms with Crippen LogP contribution in [0.4, 0.5) is 0 Å². The van der Waals surface area contributed by atoms with Gasteiger partial charge in [-0.1, -0.05) is 26.7 Å². The third-order valence-corrected chi connectivity index (χ3v) is 6.22. The van der Waals surface area contributed by atoms with Crippen LogP contribution in [0.1, 0.15) is 65.2 Å². The van der Waals surface area contributed by atoms with E-state index in [9.17, 15) is 4.79 Å². The summed E-state index contributed by atoms with van der Waals surface area (Å²) in [5, 5.41) is 0. The molecule has 0 aromatic carbocycles. The van der Waals surface area contributed by atoms with Crippen molar-refractivity contribution in [2.75, 3.05) is 39.3 Å². The normalized spacial score (nSPS) is 24.5. The number of carbonyl (C=O) groups is 1. The van der Waals surface area contributed by atoms with Gasteiger partial charge in [0.1, 0.15) is 0 Å². The van der Waals surface area contributed by atoms with E-state index in [2.05, 4.69) is 23.6 Å². The molecular formula is C19H37N3O. The van der Waals surface area contributed by atoms with Gasteiger partial charge in [-0.3, -0.25) is 4.79 Å². The molecular weight excluding hydrogens is 286 g/mol. The number of piperidine rings is 1. The lowest BCUT2D eigenvalue weighted by atomic mass is 9.80. The van der Waals surface area contributed by atoms with Gasteiger partial charge < -0.3 is 15.5 Å². The Hall–Kier alpha value is -0.610. The molecule has 2 aliphatic rings. The van der Waals surface area contributed by atoms with Crippen LogP contribution in [0.3, 0.4) is 0 Å². The van der Waals surface area contributed by atoms with Gasteiger partial charge in [0.25, 0.3) is 0 Å². The summed E-state index contributed by atoms with van der Waals surface area (Å²) in [5.41, 5.74) is 5.65. The second-order valence-electron chi connectivity index (χ2n) is 7.67. The fourth-order valence-corrected chi connectivity index (χ4v) is 4.35. The summed E-state index contributed by atoms with van der Waals surface area (Å²) in [6.45, 7) is 10.2. The Morgan fingerprint density at radius 2 is 1.70 bits per heavy atom. The molecule has 1 amide bonds. The minimum absolute atomic E-state index is 0.311. The molecule has 4 heteroatoms. The van der Waals surface area contributed by atoms with Gasteiger partial charge in [-0.25, -0.2) is 0 Å². The van der Waals surface area contributed by atoms with E-state index < -0.39 is 0 Å². The molecule has 0 bridgehead atoms. The van der Waals surface area contributed by atoms with E-state index in [1.807, 2.05) is 0 Å². The first-order valence-corrected chi connectivity index (χ1v) is 9.87. The van der Waals surface area contributed by atoms with E-state index in [1.54, 1.807) is 0 Å². The predicted octanol–water partition coefficient (Wildman–Crippen LogP) is 2.87. The highest BCUT2D eigenvalue weighted by molar-refractivity contribution is 5.83. The average Bonchev–Trinajstić information content (AvgIpc) is 2.86. The molecule has 2 heterocycles. The van der Waals surface area contributed by atoms with Crippen LogP contribution in [0, 0.1) is 11.3 Å². The number of hydrogen-bond acceptors (Lipinski definition) is 3. The number of amides is 1. The average molecular weight is 324 g/mol. The monoisotopic (exact) mass is 323 g/mol. The van der Waals surface area contributed by atoms with Crippen molar-refractivity contribution in [3.63, 3.8) is 0 Å². The Labute approximate surface area is 142 Å². The number of carbonyl (C=O) groups excluding carboxylic acids is 1. The third kappa shape index (κ3) is 4.69. The SMILES string of the molecule is CCC(CC)(CN)C(=O)N1CCCC(CN2CCCCCC2)C1. The van der Waals surface area contributed by atoms with Crippen LogP contribution in [0.2, 0.25) is 0 Å². The number of nitrogens with two attached hydrogens (primary N) is 1. The maximum atomic E-state index is 13.0. The summed E-state index contributed by atoms with van der Waals surface area (Å²) in [6.07, 6.45) is 9.59. The molecule has 2 N–H and O–H groups in total. The van der Waals surface area contributed by atoms with E-state index >= 15 is 0 Å². The summed E-state index contributed by atoms with van der Waals surface area (Å²) >= 11 is 0. The lowest BCUT2D eigenvalue weighted by molar-refractivity contribution is -0.144. The topological polar surface area (TPSA) is 49.6 Å². The van der Waals surface area contributed by atoms with Gasteiger partial charge in [0.05, 0.1) is 5.41 Å². The van der Waals surface area contributed by atoms with Crippen LogP contribution in [0.15, 0.2) is 0 Å². The molecule has 2 rings (SSSR count). The van der Waals surface area contributed by atoms with Gasteiger partial charge in [0.2, 0.25) is 5.91 Å². The second kappa shape index (κ2) is 9.03. The molecule has 0 aromatic heterocycles. The van der Waals surface area contributed by atoms with Crippen LogP contribution >= 0.6 is 0 Å². The first-order chi connectivity index (χ1) is 11.1. The molecule has 1 unspecified atom stereocenters. The molecule has 0 saturated carbocycles. The van der Waals surface area contributed by atoms with Crippen LogP contribution in [0.25, 0.3) is 0 Å². The summed E-state index contributed by atoms with van der Waals surface area (Å²) in [4.78, 5) is 17.8. The highest BCUT2D eigenvalue weighted by atomic mass is 16.2. The van der Waals surface area contributed by atoms with Gasteiger partial charge in [0.15, 0.2) is 0 Å². The summed E-state index contributed by atoms with van der Waals surface area (Å²) in [5.74, 6) is 0.959. The molecule has 0 aliphatic carbocycles. The molecule has 23 heavy (non-hydrogen) atoms. The van der Waals surface area contributed by atoms with Gasteiger partial charge in [-0.15, -0.1) is 0 Å². The zero-order valence-corrected chi connectivity index (χ0v) is 15.4. The number of rotatable bonds is 6. The maximum absolute atomic E-state index is 13.0. The van der Waals surface area contributed by atoms with Crippen molar-refractivity contribution in [3.8, 4) is 0 Å². The minimum atomic E-state index is -0.329. The van der Waals surface area contributed by atoms with Crippen LogP contribution in [-0.4, -0.2) is 55.0 Å². The fourth-order valence-electron chi connectivity index (χ4n) is 4.35. The number of hydrogen-bond donors (Lipinski definition) is 1.